The average molecular weight is 202 g/mol. The van der Waals surface area contributed by atoms with E-state index in [1.165, 1.54) is 0 Å². The van der Waals surface area contributed by atoms with E-state index in [0.29, 0.717) is 5.56 Å². The summed E-state index contributed by atoms with van der Waals surface area (Å²) in [6, 6.07) is 7.80. The van der Waals surface area contributed by atoms with Gasteiger partial charge in [0.2, 0.25) is 0 Å². The molecule has 0 aliphatic rings. The first-order valence-electron chi connectivity index (χ1n) is 5.05. The largest absolute Gasteiger partial charge is 0.361 e. The Morgan fingerprint density at radius 1 is 1.33 bits per heavy atom. The number of benzene rings is 1. The topological polar surface area (TPSA) is 44.9 Å². The number of aromatic amines is 1. The molecular weight excluding hydrogens is 188 g/mol. The predicted molar refractivity (Wildman–Crippen MR) is 60.9 cm³/mol. The Hall–Kier alpha value is -1.77. The number of fused-ring (bicyclic) bond motifs is 1. The van der Waals surface area contributed by atoms with Crippen molar-refractivity contribution in [1.82, 2.24) is 10.3 Å². The van der Waals surface area contributed by atoms with Crippen LogP contribution in [0.5, 0.6) is 0 Å². The molecule has 1 amide bonds. The maximum absolute atomic E-state index is 11.7. The number of rotatable bonds is 2. The van der Waals surface area contributed by atoms with Gasteiger partial charge in [-0.25, -0.2) is 0 Å². The van der Waals surface area contributed by atoms with Crippen molar-refractivity contribution >= 4 is 16.8 Å². The summed E-state index contributed by atoms with van der Waals surface area (Å²) in [5.41, 5.74) is 1.69. The molecule has 0 aliphatic heterocycles. The molecule has 0 unspecified atom stereocenters. The molecule has 0 aliphatic carbocycles. The highest BCUT2D eigenvalue weighted by Gasteiger charge is 2.07. The monoisotopic (exact) mass is 202 g/mol. The van der Waals surface area contributed by atoms with Crippen LogP contribution in [-0.4, -0.2) is 16.9 Å². The molecule has 1 heterocycles. The normalized spacial score (nSPS) is 10.9. The van der Waals surface area contributed by atoms with Crippen LogP contribution in [0, 0.1) is 0 Å². The number of H-pyrrole nitrogens is 1. The van der Waals surface area contributed by atoms with Crippen molar-refractivity contribution in [2.45, 2.75) is 19.9 Å². The van der Waals surface area contributed by atoms with Crippen LogP contribution >= 0.6 is 0 Å². The van der Waals surface area contributed by atoms with Crippen molar-refractivity contribution in [2.24, 2.45) is 0 Å². The number of carbonyl (C=O) groups excluding carboxylic acids is 1. The molecule has 0 bridgehead atoms. The zero-order valence-electron chi connectivity index (χ0n) is 8.87. The summed E-state index contributed by atoms with van der Waals surface area (Å²) in [5.74, 6) is -0.0264. The summed E-state index contributed by atoms with van der Waals surface area (Å²) >= 11 is 0. The van der Waals surface area contributed by atoms with Crippen molar-refractivity contribution in [1.29, 1.82) is 0 Å². The Kier molecular flexibility index (Phi) is 2.46. The number of hydrogen-bond acceptors (Lipinski definition) is 1. The number of nitrogens with one attached hydrogen (secondary N) is 2. The molecule has 1 aromatic carbocycles. The smallest absolute Gasteiger partial charge is 0.251 e. The van der Waals surface area contributed by atoms with Gasteiger partial charge >= 0.3 is 0 Å². The van der Waals surface area contributed by atoms with E-state index in [2.05, 4.69) is 10.3 Å². The summed E-state index contributed by atoms with van der Waals surface area (Å²) < 4.78 is 0. The third kappa shape index (κ3) is 2.01. The molecule has 78 valence electrons. The Balaban J connectivity index is 2.31. The summed E-state index contributed by atoms with van der Waals surface area (Å²) in [5, 5.41) is 3.98. The van der Waals surface area contributed by atoms with Crippen molar-refractivity contribution in [2.75, 3.05) is 0 Å². The van der Waals surface area contributed by atoms with Crippen molar-refractivity contribution < 1.29 is 4.79 Å². The summed E-state index contributed by atoms with van der Waals surface area (Å²) in [4.78, 5) is 14.8. The van der Waals surface area contributed by atoms with E-state index in [1.54, 1.807) is 0 Å². The van der Waals surface area contributed by atoms with Gasteiger partial charge in [0.15, 0.2) is 0 Å². The molecule has 1 aromatic heterocycles. The number of carbonyl (C=O) groups is 1. The van der Waals surface area contributed by atoms with Crippen LogP contribution in [0.2, 0.25) is 0 Å². The third-order valence-corrected chi connectivity index (χ3v) is 2.24. The lowest BCUT2D eigenvalue weighted by Gasteiger charge is -2.07. The first kappa shape index (κ1) is 9.77. The van der Waals surface area contributed by atoms with Crippen LogP contribution in [0.3, 0.4) is 0 Å². The fourth-order valence-corrected chi connectivity index (χ4v) is 1.53. The van der Waals surface area contributed by atoms with Gasteiger partial charge in [0.05, 0.1) is 0 Å². The van der Waals surface area contributed by atoms with Gasteiger partial charge in [-0.15, -0.1) is 0 Å². The fraction of sp³-hybridized carbons (Fsp3) is 0.250. The quantitative estimate of drug-likeness (QED) is 0.771. The van der Waals surface area contributed by atoms with Gasteiger partial charge < -0.3 is 10.3 Å². The highest BCUT2D eigenvalue weighted by atomic mass is 16.1. The lowest BCUT2D eigenvalue weighted by molar-refractivity contribution is 0.0943. The Bertz CT molecular complexity index is 485. The first-order chi connectivity index (χ1) is 7.16. The Morgan fingerprint density at radius 2 is 2.13 bits per heavy atom. The minimum Gasteiger partial charge on any atom is -0.361 e. The van der Waals surface area contributed by atoms with Crippen LogP contribution in [0.4, 0.5) is 0 Å². The Labute approximate surface area is 88.5 Å². The molecule has 0 saturated heterocycles. The minimum absolute atomic E-state index is 0.0264. The molecule has 3 nitrogen and oxygen atoms in total. The molecule has 3 heteroatoms. The molecular formula is C12H14N2O. The minimum atomic E-state index is -0.0264. The molecule has 0 fully saturated rings. The zero-order chi connectivity index (χ0) is 10.8. The lowest BCUT2D eigenvalue weighted by Crippen LogP contribution is -2.29. The maximum Gasteiger partial charge on any atom is 0.251 e. The average Bonchev–Trinajstić information content (AvgIpc) is 2.62. The molecule has 2 aromatic rings. The van der Waals surface area contributed by atoms with Crippen molar-refractivity contribution in [3.05, 3.63) is 36.0 Å². The van der Waals surface area contributed by atoms with Gasteiger partial charge in [-0.05, 0) is 37.4 Å². The van der Waals surface area contributed by atoms with Crippen LogP contribution in [-0.2, 0) is 0 Å². The number of aromatic nitrogens is 1. The van der Waals surface area contributed by atoms with E-state index in [4.69, 9.17) is 0 Å². The molecule has 2 rings (SSSR count). The maximum atomic E-state index is 11.7. The third-order valence-electron chi connectivity index (χ3n) is 2.24. The summed E-state index contributed by atoms with van der Waals surface area (Å²) in [7, 11) is 0. The van der Waals surface area contributed by atoms with E-state index < -0.39 is 0 Å². The van der Waals surface area contributed by atoms with E-state index in [9.17, 15) is 4.79 Å². The molecule has 0 spiro atoms. The van der Waals surface area contributed by atoms with E-state index >= 15 is 0 Å². The van der Waals surface area contributed by atoms with Gasteiger partial charge in [0, 0.05) is 23.3 Å². The number of amides is 1. The van der Waals surface area contributed by atoms with Gasteiger partial charge in [0.1, 0.15) is 0 Å². The standard InChI is InChI=1S/C12H14N2O/c1-8(2)14-12(15)10-4-3-9-5-6-13-11(9)7-10/h3-8,13H,1-2H3,(H,14,15). The first-order valence-corrected chi connectivity index (χ1v) is 5.05. The zero-order valence-corrected chi connectivity index (χ0v) is 8.87. The summed E-state index contributed by atoms with van der Waals surface area (Å²) in [6.45, 7) is 3.90. The van der Waals surface area contributed by atoms with Gasteiger partial charge in [0.25, 0.3) is 5.91 Å². The van der Waals surface area contributed by atoms with E-state index in [-0.39, 0.29) is 11.9 Å². The molecule has 15 heavy (non-hydrogen) atoms. The van der Waals surface area contributed by atoms with Crippen LogP contribution in [0.1, 0.15) is 24.2 Å². The van der Waals surface area contributed by atoms with Crippen LogP contribution < -0.4 is 5.32 Å². The molecule has 0 saturated carbocycles. The fourth-order valence-electron chi connectivity index (χ4n) is 1.53. The van der Waals surface area contributed by atoms with Gasteiger partial charge in [-0.3, -0.25) is 4.79 Å². The molecule has 0 radical (unpaired) electrons. The molecule has 0 atom stereocenters. The number of hydrogen-bond donors (Lipinski definition) is 2. The second-order valence-electron chi connectivity index (χ2n) is 3.91. The SMILES string of the molecule is CC(C)NC(=O)c1ccc2cc[nH]c2c1. The molecule has 2 N–H and O–H groups in total. The van der Waals surface area contributed by atoms with Crippen LogP contribution in [0.15, 0.2) is 30.5 Å². The second kappa shape index (κ2) is 3.77. The lowest BCUT2D eigenvalue weighted by atomic mass is 10.1. The highest BCUT2D eigenvalue weighted by Crippen LogP contribution is 2.14. The van der Waals surface area contributed by atoms with E-state index in [1.807, 2.05) is 44.3 Å². The van der Waals surface area contributed by atoms with E-state index in [0.717, 1.165) is 10.9 Å². The second-order valence-corrected chi connectivity index (χ2v) is 3.91. The van der Waals surface area contributed by atoms with Crippen molar-refractivity contribution in [3.63, 3.8) is 0 Å². The Morgan fingerprint density at radius 3 is 2.87 bits per heavy atom. The predicted octanol–water partition coefficient (Wildman–Crippen LogP) is 2.31. The van der Waals surface area contributed by atoms with Crippen LogP contribution in [0.25, 0.3) is 10.9 Å². The van der Waals surface area contributed by atoms with Gasteiger partial charge in [-0.2, -0.15) is 0 Å². The summed E-state index contributed by atoms with van der Waals surface area (Å²) in [6.07, 6.45) is 1.87. The highest BCUT2D eigenvalue weighted by molar-refractivity contribution is 5.97. The van der Waals surface area contributed by atoms with Gasteiger partial charge in [-0.1, -0.05) is 6.07 Å². The van der Waals surface area contributed by atoms with Crippen molar-refractivity contribution in [3.8, 4) is 0 Å².